The highest BCUT2D eigenvalue weighted by molar-refractivity contribution is 5.59. The molecule has 1 atom stereocenters. The molecule has 5 heteroatoms. The Hall–Kier alpha value is -2.43. The van der Waals surface area contributed by atoms with E-state index in [1.165, 1.54) is 11.6 Å². The van der Waals surface area contributed by atoms with E-state index in [1.54, 1.807) is 12.3 Å². The van der Waals surface area contributed by atoms with Gasteiger partial charge >= 0.3 is 5.69 Å². The first-order valence-electron chi connectivity index (χ1n) is 6.68. The van der Waals surface area contributed by atoms with E-state index < -0.39 is 0 Å². The number of rotatable bonds is 3. The van der Waals surface area contributed by atoms with E-state index in [2.05, 4.69) is 17.1 Å². The van der Waals surface area contributed by atoms with Gasteiger partial charge in [0, 0.05) is 18.8 Å². The Labute approximate surface area is 117 Å². The lowest BCUT2D eigenvalue weighted by Crippen LogP contribution is -2.24. The first-order valence-corrected chi connectivity index (χ1v) is 6.68. The van der Waals surface area contributed by atoms with Gasteiger partial charge in [0.25, 0.3) is 0 Å². The van der Waals surface area contributed by atoms with Crippen LogP contribution in [0.2, 0.25) is 0 Å². The molecule has 5 nitrogen and oxygen atoms in total. The van der Waals surface area contributed by atoms with Gasteiger partial charge in [0.2, 0.25) is 5.82 Å². The van der Waals surface area contributed by atoms with Crippen molar-refractivity contribution in [2.75, 3.05) is 11.4 Å². The van der Waals surface area contributed by atoms with Crippen molar-refractivity contribution in [1.82, 2.24) is 4.98 Å². The van der Waals surface area contributed by atoms with E-state index in [9.17, 15) is 10.1 Å². The van der Waals surface area contributed by atoms with Crippen molar-refractivity contribution in [3.8, 4) is 0 Å². The van der Waals surface area contributed by atoms with Crippen LogP contribution < -0.4 is 4.90 Å². The summed E-state index contributed by atoms with van der Waals surface area (Å²) in [4.78, 5) is 17.1. The van der Waals surface area contributed by atoms with Crippen LogP contribution in [0.5, 0.6) is 0 Å². The van der Waals surface area contributed by atoms with Crippen molar-refractivity contribution in [3.05, 3.63) is 64.3 Å². The maximum atomic E-state index is 11.2. The van der Waals surface area contributed by atoms with Gasteiger partial charge in [0.1, 0.15) is 0 Å². The van der Waals surface area contributed by atoms with Gasteiger partial charge in [0.15, 0.2) is 0 Å². The minimum atomic E-state index is -0.358. The summed E-state index contributed by atoms with van der Waals surface area (Å²) in [6.45, 7) is 0.803. The molecule has 0 radical (unpaired) electrons. The fraction of sp³-hybridized carbons (Fsp3) is 0.267. The minimum absolute atomic E-state index is 0.0790. The molecule has 1 aliphatic heterocycles. The maximum absolute atomic E-state index is 11.2. The van der Waals surface area contributed by atoms with Gasteiger partial charge in [-0.1, -0.05) is 30.3 Å². The third-order valence-corrected chi connectivity index (χ3v) is 3.67. The summed E-state index contributed by atoms with van der Waals surface area (Å²) in [5.74, 6) is 0.476. The van der Waals surface area contributed by atoms with Crippen LogP contribution in [0, 0.1) is 10.1 Å². The number of pyridine rings is 1. The van der Waals surface area contributed by atoms with Gasteiger partial charge in [-0.15, -0.1) is 0 Å². The average Bonchev–Trinajstić information content (AvgIpc) is 2.97. The number of anilines is 1. The first-order chi connectivity index (χ1) is 9.77. The van der Waals surface area contributed by atoms with E-state index in [4.69, 9.17) is 0 Å². The lowest BCUT2D eigenvalue weighted by Gasteiger charge is -2.25. The average molecular weight is 269 g/mol. The zero-order valence-corrected chi connectivity index (χ0v) is 11.0. The Balaban J connectivity index is 1.99. The Morgan fingerprint density at radius 1 is 1.20 bits per heavy atom. The maximum Gasteiger partial charge on any atom is 0.311 e. The highest BCUT2D eigenvalue weighted by Gasteiger charge is 2.31. The molecule has 0 saturated carbocycles. The summed E-state index contributed by atoms with van der Waals surface area (Å²) in [6, 6.07) is 13.4. The predicted molar refractivity (Wildman–Crippen MR) is 76.7 cm³/mol. The molecule has 1 saturated heterocycles. The summed E-state index contributed by atoms with van der Waals surface area (Å²) in [7, 11) is 0. The van der Waals surface area contributed by atoms with Crippen LogP contribution in [0.25, 0.3) is 0 Å². The van der Waals surface area contributed by atoms with E-state index in [1.807, 2.05) is 23.1 Å². The standard InChI is InChI=1S/C15H15N3O2/c19-18(20)14-8-4-10-16-15(14)17-11-5-9-13(17)12-6-2-1-3-7-12/h1-4,6-8,10,13H,5,9,11H2. The smallest absolute Gasteiger partial charge is 0.311 e. The van der Waals surface area contributed by atoms with Crippen molar-refractivity contribution in [1.29, 1.82) is 0 Å². The van der Waals surface area contributed by atoms with Crippen molar-refractivity contribution >= 4 is 11.5 Å². The number of nitro groups is 1. The molecular formula is C15H15N3O2. The topological polar surface area (TPSA) is 59.3 Å². The highest BCUT2D eigenvalue weighted by atomic mass is 16.6. The van der Waals surface area contributed by atoms with Gasteiger partial charge < -0.3 is 4.90 Å². The fourth-order valence-electron chi connectivity index (χ4n) is 2.79. The van der Waals surface area contributed by atoms with E-state index >= 15 is 0 Å². The Kier molecular flexibility index (Phi) is 3.33. The number of hydrogen-bond acceptors (Lipinski definition) is 4. The second-order valence-corrected chi connectivity index (χ2v) is 4.87. The second-order valence-electron chi connectivity index (χ2n) is 4.87. The molecule has 1 aliphatic rings. The lowest BCUT2D eigenvalue weighted by atomic mass is 10.0. The number of nitrogens with zero attached hydrogens (tertiary/aromatic N) is 3. The molecule has 0 spiro atoms. The molecule has 1 unspecified atom stereocenters. The summed E-state index contributed by atoms with van der Waals surface area (Å²) in [5, 5.41) is 11.2. The van der Waals surface area contributed by atoms with Gasteiger partial charge in [-0.25, -0.2) is 4.98 Å². The molecular weight excluding hydrogens is 254 g/mol. The van der Waals surface area contributed by atoms with Crippen molar-refractivity contribution in [3.63, 3.8) is 0 Å². The molecule has 0 bridgehead atoms. The predicted octanol–water partition coefficient (Wildman–Crippen LogP) is 3.33. The molecule has 0 amide bonds. The Morgan fingerprint density at radius 3 is 2.75 bits per heavy atom. The largest absolute Gasteiger partial charge is 0.344 e. The highest BCUT2D eigenvalue weighted by Crippen LogP contribution is 2.38. The van der Waals surface area contributed by atoms with Crippen LogP contribution in [-0.2, 0) is 0 Å². The summed E-state index contributed by atoms with van der Waals surface area (Å²) < 4.78 is 0. The van der Waals surface area contributed by atoms with Crippen LogP contribution in [0.4, 0.5) is 11.5 Å². The van der Waals surface area contributed by atoms with Gasteiger partial charge in [-0.3, -0.25) is 10.1 Å². The van der Waals surface area contributed by atoms with Gasteiger partial charge in [-0.05, 0) is 24.5 Å². The first kappa shape index (κ1) is 12.6. The minimum Gasteiger partial charge on any atom is -0.344 e. The molecule has 1 aromatic carbocycles. The van der Waals surface area contributed by atoms with Gasteiger partial charge in [-0.2, -0.15) is 0 Å². The number of hydrogen-bond donors (Lipinski definition) is 0. The van der Waals surface area contributed by atoms with Crippen molar-refractivity contribution in [2.45, 2.75) is 18.9 Å². The van der Waals surface area contributed by atoms with Crippen LogP contribution in [0.3, 0.4) is 0 Å². The third kappa shape index (κ3) is 2.22. The molecule has 2 aromatic rings. The Morgan fingerprint density at radius 2 is 2.00 bits per heavy atom. The van der Waals surface area contributed by atoms with Crippen LogP contribution in [0.15, 0.2) is 48.7 Å². The van der Waals surface area contributed by atoms with Crippen molar-refractivity contribution < 1.29 is 4.92 Å². The number of aromatic nitrogens is 1. The summed E-state index contributed by atoms with van der Waals surface area (Å²) in [6.07, 6.45) is 3.63. The molecule has 0 aliphatic carbocycles. The molecule has 0 N–H and O–H groups in total. The van der Waals surface area contributed by atoms with Gasteiger partial charge in [0.05, 0.1) is 11.0 Å². The zero-order valence-electron chi connectivity index (χ0n) is 11.0. The van der Waals surface area contributed by atoms with E-state index in [0.29, 0.717) is 5.82 Å². The quantitative estimate of drug-likeness (QED) is 0.633. The van der Waals surface area contributed by atoms with Crippen molar-refractivity contribution in [2.24, 2.45) is 0 Å². The normalized spacial score (nSPS) is 18.2. The fourth-order valence-corrected chi connectivity index (χ4v) is 2.79. The molecule has 20 heavy (non-hydrogen) atoms. The molecule has 1 aromatic heterocycles. The monoisotopic (exact) mass is 269 g/mol. The van der Waals surface area contributed by atoms with Crippen LogP contribution >= 0.6 is 0 Å². The van der Waals surface area contributed by atoms with Crippen LogP contribution in [-0.4, -0.2) is 16.5 Å². The third-order valence-electron chi connectivity index (χ3n) is 3.67. The molecule has 2 heterocycles. The molecule has 1 fully saturated rings. The Bertz CT molecular complexity index is 616. The molecule has 3 rings (SSSR count). The lowest BCUT2D eigenvalue weighted by molar-refractivity contribution is -0.384. The van der Waals surface area contributed by atoms with E-state index in [-0.39, 0.29) is 16.7 Å². The second kappa shape index (κ2) is 5.28. The zero-order chi connectivity index (χ0) is 13.9. The SMILES string of the molecule is O=[N+]([O-])c1cccnc1N1CCCC1c1ccccc1. The summed E-state index contributed by atoms with van der Waals surface area (Å²) >= 11 is 0. The van der Waals surface area contributed by atoms with Crippen LogP contribution in [0.1, 0.15) is 24.4 Å². The summed E-state index contributed by atoms with van der Waals surface area (Å²) in [5.41, 5.74) is 1.26. The number of benzene rings is 1. The molecule has 102 valence electrons. The van der Waals surface area contributed by atoms with E-state index in [0.717, 1.165) is 19.4 Å².